The Morgan fingerprint density at radius 1 is 1.20 bits per heavy atom. The summed E-state index contributed by atoms with van der Waals surface area (Å²) in [6.45, 7) is 4.70. The van der Waals surface area contributed by atoms with Gasteiger partial charge in [0.1, 0.15) is 0 Å². The third-order valence-corrected chi connectivity index (χ3v) is 4.98. The average molecular weight is 407 g/mol. The summed E-state index contributed by atoms with van der Waals surface area (Å²) in [5.41, 5.74) is 1.91. The minimum atomic E-state index is -0.285. The van der Waals surface area contributed by atoms with Crippen LogP contribution in [-0.2, 0) is 6.54 Å². The lowest BCUT2D eigenvalue weighted by atomic mass is 10.3. The normalized spacial score (nSPS) is 16.7. The van der Waals surface area contributed by atoms with Gasteiger partial charge in [-0.3, -0.25) is 0 Å². The number of para-hydroxylation sites is 1. The molecular weight excluding hydrogens is 381 g/mol. The highest BCUT2D eigenvalue weighted by Gasteiger charge is 2.25. The van der Waals surface area contributed by atoms with Gasteiger partial charge in [-0.2, -0.15) is 5.10 Å². The number of halogens is 1. The van der Waals surface area contributed by atoms with E-state index >= 15 is 0 Å². The number of hydrogen-bond acceptors (Lipinski definition) is 4. The van der Waals surface area contributed by atoms with Crippen LogP contribution in [0.2, 0.25) is 0 Å². The highest BCUT2D eigenvalue weighted by molar-refractivity contribution is 5.80. The predicted octanol–water partition coefficient (Wildman–Crippen LogP) is 2.74. The molecule has 2 aromatic heterocycles. The first-order valence-electron chi connectivity index (χ1n) is 10.2. The number of aliphatic imine (C=N–C) groups is 1. The van der Waals surface area contributed by atoms with Gasteiger partial charge in [-0.05, 0) is 43.7 Å². The van der Waals surface area contributed by atoms with E-state index in [0.717, 1.165) is 36.9 Å². The van der Waals surface area contributed by atoms with Gasteiger partial charge >= 0.3 is 0 Å². The van der Waals surface area contributed by atoms with Gasteiger partial charge in [0, 0.05) is 38.1 Å². The van der Waals surface area contributed by atoms with Crippen LogP contribution in [0.5, 0.6) is 0 Å². The summed E-state index contributed by atoms with van der Waals surface area (Å²) in [6.07, 6.45) is 4.46. The van der Waals surface area contributed by atoms with Crippen LogP contribution in [0.1, 0.15) is 19.0 Å². The van der Waals surface area contributed by atoms with Crippen LogP contribution in [0.25, 0.3) is 5.69 Å². The molecule has 0 amide bonds. The highest BCUT2D eigenvalue weighted by Crippen LogP contribution is 2.20. The minimum Gasteiger partial charge on any atom is -0.357 e. The zero-order chi connectivity index (χ0) is 20.8. The monoisotopic (exact) mass is 407 g/mol. The van der Waals surface area contributed by atoms with Crippen LogP contribution >= 0.6 is 0 Å². The smallest absolute Gasteiger partial charge is 0.191 e. The van der Waals surface area contributed by atoms with Crippen LogP contribution in [0.15, 0.2) is 65.9 Å². The molecule has 3 aromatic rings. The van der Waals surface area contributed by atoms with E-state index in [1.54, 1.807) is 12.3 Å². The number of hydrogen-bond donors (Lipinski definition) is 2. The van der Waals surface area contributed by atoms with E-state index in [-0.39, 0.29) is 11.9 Å². The van der Waals surface area contributed by atoms with Crippen molar-refractivity contribution in [2.24, 2.45) is 4.99 Å². The van der Waals surface area contributed by atoms with Crippen molar-refractivity contribution in [3.63, 3.8) is 0 Å². The molecule has 156 valence electrons. The molecule has 0 bridgehead atoms. The number of rotatable bonds is 6. The van der Waals surface area contributed by atoms with E-state index in [1.165, 1.54) is 6.07 Å². The lowest BCUT2D eigenvalue weighted by Gasteiger charge is -2.19. The second-order valence-electron chi connectivity index (χ2n) is 7.17. The summed E-state index contributed by atoms with van der Waals surface area (Å²) in [4.78, 5) is 10.8. The molecule has 3 heterocycles. The molecular formula is C22H26FN7. The molecule has 2 N–H and O–H groups in total. The third-order valence-electron chi connectivity index (χ3n) is 4.98. The molecule has 1 atom stereocenters. The molecule has 30 heavy (non-hydrogen) atoms. The van der Waals surface area contributed by atoms with Gasteiger partial charge in [-0.1, -0.05) is 18.2 Å². The Hall–Kier alpha value is -3.42. The Bertz CT molecular complexity index is 986. The van der Waals surface area contributed by atoms with Crippen LogP contribution in [0, 0.1) is 5.82 Å². The van der Waals surface area contributed by atoms with E-state index in [1.807, 2.05) is 59.1 Å². The van der Waals surface area contributed by atoms with Crippen molar-refractivity contribution < 1.29 is 4.39 Å². The van der Waals surface area contributed by atoms with Gasteiger partial charge < -0.3 is 15.5 Å². The second-order valence-corrected chi connectivity index (χ2v) is 7.17. The fourth-order valence-electron chi connectivity index (χ4n) is 3.52. The van der Waals surface area contributed by atoms with Gasteiger partial charge in [0.15, 0.2) is 17.6 Å². The van der Waals surface area contributed by atoms with Crippen LogP contribution in [0.3, 0.4) is 0 Å². The maximum absolute atomic E-state index is 14.0. The number of anilines is 1. The van der Waals surface area contributed by atoms with Crippen molar-refractivity contribution in [1.82, 2.24) is 25.4 Å². The minimum absolute atomic E-state index is 0.172. The summed E-state index contributed by atoms with van der Waals surface area (Å²) in [5.74, 6) is 0.864. The van der Waals surface area contributed by atoms with Crippen molar-refractivity contribution in [2.45, 2.75) is 25.9 Å². The third kappa shape index (κ3) is 4.76. The largest absolute Gasteiger partial charge is 0.357 e. The standard InChI is InChI=1S/C22H26FN7/c1-2-24-22(26-15-17-11-14-30(28-17)19-7-4-3-5-8-19)27-18-10-13-29(16-18)21-20(23)9-6-12-25-21/h3-9,11-12,14,18H,2,10,13,15-16H2,1H3,(H2,24,26,27). The Morgan fingerprint density at radius 2 is 2.07 bits per heavy atom. The maximum atomic E-state index is 14.0. The van der Waals surface area contributed by atoms with Gasteiger partial charge in [0.2, 0.25) is 0 Å². The van der Waals surface area contributed by atoms with Crippen molar-refractivity contribution in [3.05, 3.63) is 72.4 Å². The molecule has 7 nitrogen and oxygen atoms in total. The zero-order valence-electron chi connectivity index (χ0n) is 17.0. The van der Waals surface area contributed by atoms with Crippen LogP contribution < -0.4 is 15.5 Å². The lowest BCUT2D eigenvalue weighted by Crippen LogP contribution is -2.44. The summed E-state index contributed by atoms with van der Waals surface area (Å²) < 4.78 is 15.9. The van der Waals surface area contributed by atoms with Crippen molar-refractivity contribution in [1.29, 1.82) is 0 Å². The Labute approximate surface area is 175 Å². The van der Waals surface area contributed by atoms with Crippen LogP contribution in [-0.4, -0.2) is 46.4 Å². The van der Waals surface area contributed by atoms with E-state index in [2.05, 4.69) is 25.7 Å². The molecule has 0 radical (unpaired) electrons. The SMILES string of the molecule is CCNC(=NCc1ccn(-c2ccccc2)n1)NC1CCN(c2ncccc2F)C1. The molecule has 0 aliphatic carbocycles. The molecule has 1 unspecified atom stereocenters. The van der Waals surface area contributed by atoms with E-state index in [4.69, 9.17) is 0 Å². The Morgan fingerprint density at radius 3 is 2.87 bits per heavy atom. The molecule has 1 saturated heterocycles. The van der Waals surface area contributed by atoms with Gasteiger partial charge in [-0.15, -0.1) is 0 Å². The number of nitrogens with one attached hydrogen (secondary N) is 2. The quantitative estimate of drug-likeness (QED) is 0.486. The number of nitrogens with zero attached hydrogens (tertiary/aromatic N) is 5. The molecule has 8 heteroatoms. The van der Waals surface area contributed by atoms with Gasteiger partial charge in [0.05, 0.1) is 17.9 Å². The zero-order valence-corrected chi connectivity index (χ0v) is 17.0. The Balaban J connectivity index is 1.38. The molecule has 0 spiro atoms. The molecule has 4 rings (SSSR count). The fraction of sp³-hybridized carbons (Fsp3) is 0.318. The summed E-state index contributed by atoms with van der Waals surface area (Å²) in [6, 6.07) is 15.2. The van der Waals surface area contributed by atoms with Crippen molar-refractivity contribution in [3.8, 4) is 5.69 Å². The number of aromatic nitrogens is 3. The highest BCUT2D eigenvalue weighted by atomic mass is 19.1. The number of guanidine groups is 1. The predicted molar refractivity (Wildman–Crippen MR) is 116 cm³/mol. The first-order valence-corrected chi connectivity index (χ1v) is 10.2. The average Bonchev–Trinajstić information content (AvgIpc) is 3.43. The summed E-state index contributed by atoms with van der Waals surface area (Å²) in [5, 5.41) is 11.3. The first kappa shape index (κ1) is 19.9. The summed E-state index contributed by atoms with van der Waals surface area (Å²) >= 11 is 0. The lowest BCUT2D eigenvalue weighted by molar-refractivity contribution is 0.612. The van der Waals surface area contributed by atoms with E-state index in [9.17, 15) is 4.39 Å². The molecule has 0 saturated carbocycles. The van der Waals surface area contributed by atoms with E-state index < -0.39 is 0 Å². The van der Waals surface area contributed by atoms with Crippen molar-refractivity contribution >= 4 is 11.8 Å². The second kappa shape index (κ2) is 9.39. The molecule has 1 aliphatic heterocycles. The maximum Gasteiger partial charge on any atom is 0.191 e. The number of pyridine rings is 1. The fourth-order valence-corrected chi connectivity index (χ4v) is 3.52. The number of benzene rings is 1. The molecule has 1 aromatic carbocycles. The Kier molecular flexibility index (Phi) is 6.22. The van der Waals surface area contributed by atoms with E-state index in [0.29, 0.717) is 18.9 Å². The molecule has 1 fully saturated rings. The van der Waals surface area contributed by atoms with Gasteiger partial charge in [0.25, 0.3) is 0 Å². The topological polar surface area (TPSA) is 70.4 Å². The summed E-state index contributed by atoms with van der Waals surface area (Å²) in [7, 11) is 0. The van der Waals surface area contributed by atoms with Crippen molar-refractivity contribution in [2.75, 3.05) is 24.5 Å². The van der Waals surface area contributed by atoms with Crippen LogP contribution in [0.4, 0.5) is 10.2 Å². The van der Waals surface area contributed by atoms with Gasteiger partial charge in [-0.25, -0.2) is 19.0 Å². The first-order chi connectivity index (χ1) is 14.7. The molecule has 1 aliphatic rings.